The molecule has 1 aliphatic heterocycles. The van der Waals surface area contributed by atoms with E-state index in [0.29, 0.717) is 24.1 Å². The molecule has 0 saturated carbocycles. The van der Waals surface area contributed by atoms with Gasteiger partial charge in [-0.1, -0.05) is 6.07 Å². The maximum absolute atomic E-state index is 11.1. The number of amides is 1. The van der Waals surface area contributed by atoms with Crippen LogP contribution in [0.1, 0.15) is 30.0 Å². The molecule has 2 aromatic heterocycles. The molecule has 1 saturated heterocycles. The van der Waals surface area contributed by atoms with Crippen molar-refractivity contribution in [2.75, 3.05) is 32.1 Å². The zero-order valence-corrected chi connectivity index (χ0v) is 17.7. The van der Waals surface area contributed by atoms with Gasteiger partial charge >= 0.3 is 0 Å². The molecule has 3 aromatic rings. The molecule has 164 valence electrons. The lowest BCUT2D eigenvalue weighted by Crippen LogP contribution is -2.39. The summed E-state index contributed by atoms with van der Waals surface area (Å²) in [6, 6.07) is 10.0. The molecule has 3 heterocycles. The number of methoxy groups -OCH3 is 1. The minimum atomic E-state index is -0.283. The molecule has 1 fully saturated rings. The number of nitriles is 1. The monoisotopic (exact) mass is 432 g/mol. The Kier molecular flexibility index (Phi) is 6.28. The van der Waals surface area contributed by atoms with E-state index in [9.17, 15) is 4.79 Å². The first-order valence-corrected chi connectivity index (χ1v) is 10.3. The number of nitrogens with zero attached hydrogens (tertiary/aromatic N) is 5. The molecule has 10 heteroatoms. The number of carbonyl (C=O) groups is 1. The molecule has 1 amide bonds. The molecule has 1 aliphatic rings. The van der Waals surface area contributed by atoms with Gasteiger partial charge in [0.2, 0.25) is 5.91 Å². The Balaban J connectivity index is 1.46. The fourth-order valence-corrected chi connectivity index (χ4v) is 3.93. The van der Waals surface area contributed by atoms with Crippen LogP contribution in [0.15, 0.2) is 36.7 Å². The molecular formula is C22H24N8O2. The van der Waals surface area contributed by atoms with E-state index >= 15 is 0 Å². The van der Waals surface area contributed by atoms with Crippen LogP contribution in [-0.4, -0.2) is 57.7 Å². The Bertz CT molecular complexity index is 1130. The Labute approximate surface area is 185 Å². The standard InChI is InChI=1S/C22H24N8O2/c1-32-19-8-15(14-4-6-30(7-5-14)13-20(24)31)2-3-17(19)18-9-21(29-28-18)27-22-12-25-16(10-23)11-26-22/h2-3,8-9,11-12,14H,4-7,13H2,1H3,(H2,24,31)(H2,26,27,28,29). The van der Waals surface area contributed by atoms with E-state index in [1.165, 1.54) is 18.0 Å². The summed E-state index contributed by atoms with van der Waals surface area (Å²) >= 11 is 0. The van der Waals surface area contributed by atoms with Gasteiger partial charge in [0.25, 0.3) is 0 Å². The van der Waals surface area contributed by atoms with Crippen molar-refractivity contribution in [1.82, 2.24) is 25.1 Å². The number of H-pyrrole nitrogens is 1. The van der Waals surface area contributed by atoms with E-state index in [0.717, 1.165) is 42.9 Å². The summed E-state index contributed by atoms with van der Waals surface area (Å²) in [6.45, 7) is 2.02. The van der Waals surface area contributed by atoms with Gasteiger partial charge in [0, 0.05) is 11.6 Å². The molecule has 4 N–H and O–H groups in total. The maximum Gasteiger partial charge on any atom is 0.231 e. The largest absolute Gasteiger partial charge is 0.496 e. The van der Waals surface area contributed by atoms with Crippen molar-refractivity contribution in [2.45, 2.75) is 18.8 Å². The van der Waals surface area contributed by atoms with Crippen LogP contribution in [0.5, 0.6) is 5.75 Å². The number of nitrogens with one attached hydrogen (secondary N) is 2. The van der Waals surface area contributed by atoms with Crippen LogP contribution in [0, 0.1) is 11.3 Å². The van der Waals surface area contributed by atoms with E-state index in [2.05, 4.69) is 42.5 Å². The fraction of sp³-hybridized carbons (Fsp3) is 0.318. The maximum atomic E-state index is 11.1. The van der Waals surface area contributed by atoms with E-state index in [1.54, 1.807) is 7.11 Å². The van der Waals surface area contributed by atoms with Crippen molar-refractivity contribution in [3.05, 3.63) is 47.9 Å². The number of nitrogens with two attached hydrogens (primary N) is 1. The van der Waals surface area contributed by atoms with Crippen LogP contribution in [0.4, 0.5) is 11.6 Å². The number of anilines is 2. The highest BCUT2D eigenvalue weighted by molar-refractivity contribution is 5.76. The predicted molar refractivity (Wildman–Crippen MR) is 118 cm³/mol. The van der Waals surface area contributed by atoms with E-state index in [4.69, 9.17) is 15.7 Å². The zero-order valence-electron chi connectivity index (χ0n) is 17.7. The highest BCUT2D eigenvalue weighted by Crippen LogP contribution is 2.36. The quantitative estimate of drug-likeness (QED) is 0.515. The second-order valence-corrected chi connectivity index (χ2v) is 7.67. The summed E-state index contributed by atoms with van der Waals surface area (Å²) < 4.78 is 5.67. The Morgan fingerprint density at radius 1 is 1.28 bits per heavy atom. The molecule has 0 unspecified atom stereocenters. The Morgan fingerprint density at radius 3 is 2.75 bits per heavy atom. The molecule has 0 radical (unpaired) electrons. The van der Waals surface area contributed by atoms with E-state index in [1.807, 2.05) is 18.2 Å². The number of benzene rings is 1. The number of carbonyl (C=O) groups excluding carboxylic acids is 1. The van der Waals surface area contributed by atoms with Crippen LogP contribution in [0.2, 0.25) is 0 Å². The molecule has 0 spiro atoms. The molecule has 32 heavy (non-hydrogen) atoms. The highest BCUT2D eigenvalue weighted by Gasteiger charge is 2.22. The van der Waals surface area contributed by atoms with Gasteiger partial charge in [0.15, 0.2) is 11.5 Å². The van der Waals surface area contributed by atoms with Gasteiger partial charge in [-0.2, -0.15) is 10.4 Å². The normalized spacial score (nSPS) is 14.6. The predicted octanol–water partition coefficient (Wildman–Crippen LogP) is 2.16. The minimum absolute atomic E-state index is 0.252. The summed E-state index contributed by atoms with van der Waals surface area (Å²) in [7, 11) is 1.65. The number of piperidine rings is 1. The third-order valence-electron chi connectivity index (χ3n) is 5.55. The second kappa shape index (κ2) is 9.45. The summed E-state index contributed by atoms with van der Waals surface area (Å²) in [6.07, 6.45) is 4.83. The lowest BCUT2D eigenvalue weighted by atomic mass is 9.88. The first kappa shape index (κ1) is 21.3. The van der Waals surface area contributed by atoms with Crippen LogP contribution < -0.4 is 15.8 Å². The number of hydrogen-bond acceptors (Lipinski definition) is 8. The van der Waals surface area contributed by atoms with Gasteiger partial charge < -0.3 is 15.8 Å². The van der Waals surface area contributed by atoms with Crippen LogP contribution in [-0.2, 0) is 4.79 Å². The highest BCUT2D eigenvalue weighted by atomic mass is 16.5. The summed E-state index contributed by atoms with van der Waals surface area (Å²) in [4.78, 5) is 21.4. The molecule has 0 aliphatic carbocycles. The molecule has 4 rings (SSSR count). The number of aromatic amines is 1. The number of aromatic nitrogens is 4. The average Bonchev–Trinajstić information content (AvgIpc) is 3.27. The minimum Gasteiger partial charge on any atom is -0.496 e. The summed E-state index contributed by atoms with van der Waals surface area (Å²) in [5.41, 5.74) is 8.47. The van der Waals surface area contributed by atoms with E-state index < -0.39 is 0 Å². The third kappa shape index (κ3) is 4.84. The molecule has 0 bridgehead atoms. The van der Waals surface area contributed by atoms with Crippen molar-refractivity contribution in [3.63, 3.8) is 0 Å². The first-order chi connectivity index (χ1) is 15.6. The van der Waals surface area contributed by atoms with Gasteiger partial charge in [-0.15, -0.1) is 0 Å². The smallest absolute Gasteiger partial charge is 0.231 e. The van der Waals surface area contributed by atoms with Crippen molar-refractivity contribution in [3.8, 4) is 23.1 Å². The van der Waals surface area contributed by atoms with Crippen LogP contribution in [0.3, 0.4) is 0 Å². The lowest BCUT2D eigenvalue weighted by molar-refractivity contribution is -0.119. The number of primary amides is 1. The van der Waals surface area contributed by atoms with Gasteiger partial charge in [-0.3, -0.25) is 14.8 Å². The van der Waals surface area contributed by atoms with Crippen molar-refractivity contribution >= 4 is 17.5 Å². The number of rotatable bonds is 7. The lowest BCUT2D eigenvalue weighted by Gasteiger charge is -2.31. The number of hydrogen-bond donors (Lipinski definition) is 3. The number of likely N-dealkylation sites (tertiary alicyclic amines) is 1. The Hall–Kier alpha value is -3.97. The van der Waals surface area contributed by atoms with Gasteiger partial charge in [0.1, 0.15) is 17.6 Å². The van der Waals surface area contributed by atoms with Crippen LogP contribution in [0.25, 0.3) is 11.3 Å². The second-order valence-electron chi connectivity index (χ2n) is 7.67. The topological polar surface area (TPSA) is 146 Å². The summed E-state index contributed by atoms with van der Waals surface area (Å²) in [5, 5.41) is 19.2. The fourth-order valence-electron chi connectivity index (χ4n) is 3.93. The first-order valence-electron chi connectivity index (χ1n) is 10.3. The molecule has 0 atom stereocenters. The van der Waals surface area contributed by atoms with E-state index in [-0.39, 0.29) is 11.6 Å². The van der Waals surface area contributed by atoms with Gasteiger partial charge in [-0.25, -0.2) is 9.97 Å². The van der Waals surface area contributed by atoms with Crippen molar-refractivity contribution < 1.29 is 9.53 Å². The SMILES string of the molecule is COc1cc(C2CCN(CC(N)=O)CC2)ccc1-c1cc(Nc2cnc(C#N)cn2)n[nH]1. The average molecular weight is 432 g/mol. The molecule has 1 aromatic carbocycles. The third-order valence-corrected chi connectivity index (χ3v) is 5.55. The van der Waals surface area contributed by atoms with Gasteiger partial charge in [-0.05, 0) is 49.5 Å². The molecular weight excluding hydrogens is 408 g/mol. The zero-order chi connectivity index (χ0) is 22.5. The molecule has 10 nitrogen and oxygen atoms in total. The number of ether oxygens (including phenoxy) is 1. The van der Waals surface area contributed by atoms with Crippen LogP contribution >= 0.6 is 0 Å². The van der Waals surface area contributed by atoms with Crippen molar-refractivity contribution in [1.29, 1.82) is 5.26 Å². The summed E-state index contributed by atoms with van der Waals surface area (Å²) in [5.74, 6) is 1.96. The van der Waals surface area contributed by atoms with Gasteiger partial charge in [0.05, 0.1) is 31.7 Å². The van der Waals surface area contributed by atoms with Crippen molar-refractivity contribution in [2.24, 2.45) is 5.73 Å². The Morgan fingerprint density at radius 2 is 2.09 bits per heavy atom.